The smallest absolute Gasteiger partial charge is 0.252 e. The molecule has 0 N–H and O–H groups in total. The van der Waals surface area contributed by atoms with Crippen LogP contribution in [0.4, 0.5) is 0 Å². The molecule has 3 aromatic rings. The molecule has 1 aliphatic carbocycles. The summed E-state index contributed by atoms with van der Waals surface area (Å²) in [4.78, 5) is 13.0. The van der Waals surface area contributed by atoms with Gasteiger partial charge >= 0.3 is 0 Å². The van der Waals surface area contributed by atoms with Crippen molar-refractivity contribution in [3.63, 3.8) is 0 Å². The highest BCUT2D eigenvalue weighted by atomic mass is 15.3. The van der Waals surface area contributed by atoms with Crippen molar-refractivity contribution in [3.05, 3.63) is 42.6 Å². The van der Waals surface area contributed by atoms with E-state index in [2.05, 4.69) is 20.1 Å². The van der Waals surface area contributed by atoms with Gasteiger partial charge in [-0.2, -0.15) is 9.50 Å². The second-order valence-electron chi connectivity index (χ2n) is 5.99. The Bertz CT molecular complexity index is 759. The molecule has 3 heterocycles. The molecule has 3 aromatic heterocycles. The molecular formula is C17H19N5. The molecule has 22 heavy (non-hydrogen) atoms. The minimum atomic E-state index is 0.677. The fraction of sp³-hybridized carbons (Fsp3) is 0.412. The summed E-state index contributed by atoms with van der Waals surface area (Å²) in [6, 6.07) is 5.93. The zero-order valence-corrected chi connectivity index (χ0v) is 12.5. The van der Waals surface area contributed by atoms with Crippen molar-refractivity contribution in [1.82, 2.24) is 24.6 Å². The number of pyridine rings is 1. The molecule has 5 nitrogen and oxygen atoms in total. The Labute approximate surface area is 129 Å². The number of rotatable bonds is 4. The first-order valence-corrected chi connectivity index (χ1v) is 8.01. The van der Waals surface area contributed by atoms with Crippen LogP contribution in [0.5, 0.6) is 0 Å². The van der Waals surface area contributed by atoms with Crippen molar-refractivity contribution in [3.8, 4) is 11.3 Å². The maximum absolute atomic E-state index is 4.67. The Balaban J connectivity index is 1.63. The maximum Gasteiger partial charge on any atom is 0.252 e. The van der Waals surface area contributed by atoms with Gasteiger partial charge < -0.3 is 0 Å². The van der Waals surface area contributed by atoms with Crippen LogP contribution in [0.2, 0.25) is 0 Å². The molecule has 4 rings (SSSR count). The minimum Gasteiger partial charge on any atom is -0.265 e. The van der Waals surface area contributed by atoms with E-state index >= 15 is 0 Å². The summed E-state index contributed by atoms with van der Waals surface area (Å²) in [5, 5.41) is 4.67. The summed E-state index contributed by atoms with van der Waals surface area (Å²) >= 11 is 0. The molecule has 0 spiro atoms. The van der Waals surface area contributed by atoms with Gasteiger partial charge in [0.15, 0.2) is 5.82 Å². The molecule has 5 heteroatoms. The highest BCUT2D eigenvalue weighted by molar-refractivity contribution is 5.60. The number of fused-ring (bicyclic) bond motifs is 1. The zero-order valence-electron chi connectivity index (χ0n) is 12.5. The molecule has 0 bridgehead atoms. The van der Waals surface area contributed by atoms with Crippen molar-refractivity contribution in [2.24, 2.45) is 5.92 Å². The lowest BCUT2D eigenvalue weighted by Crippen LogP contribution is -1.99. The normalized spacial score (nSPS) is 15.6. The second-order valence-corrected chi connectivity index (χ2v) is 5.99. The molecular weight excluding hydrogens is 274 g/mol. The van der Waals surface area contributed by atoms with E-state index in [4.69, 9.17) is 0 Å². The van der Waals surface area contributed by atoms with Crippen LogP contribution >= 0.6 is 0 Å². The fourth-order valence-corrected chi connectivity index (χ4v) is 3.31. The lowest BCUT2D eigenvalue weighted by atomic mass is 10.0. The van der Waals surface area contributed by atoms with Crippen LogP contribution in [0.15, 0.2) is 36.8 Å². The summed E-state index contributed by atoms with van der Waals surface area (Å²) in [6.07, 6.45) is 13.0. The molecule has 0 atom stereocenters. The van der Waals surface area contributed by atoms with E-state index in [0.29, 0.717) is 5.78 Å². The van der Waals surface area contributed by atoms with Gasteiger partial charge in [-0.15, -0.1) is 5.10 Å². The average Bonchev–Trinajstić information content (AvgIpc) is 3.22. The monoisotopic (exact) mass is 293 g/mol. The fourth-order valence-electron chi connectivity index (χ4n) is 3.31. The van der Waals surface area contributed by atoms with Gasteiger partial charge in [-0.05, 0) is 30.5 Å². The number of hydrogen-bond donors (Lipinski definition) is 0. The Hall–Kier alpha value is -2.30. The first-order valence-electron chi connectivity index (χ1n) is 8.01. The van der Waals surface area contributed by atoms with Crippen LogP contribution in [-0.4, -0.2) is 24.6 Å². The van der Waals surface area contributed by atoms with Gasteiger partial charge in [0.25, 0.3) is 5.78 Å². The highest BCUT2D eigenvalue weighted by Gasteiger charge is 2.16. The van der Waals surface area contributed by atoms with E-state index in [9.17, 15) is 0 Å². The molecule has 1 aliphatic rings. The Morgan fingerprint density at radius 2 is 1.86 bits per heavy atom. The number of aromatic nitrogens is 5. The molecule has 1 fully saturated rings. The largest absolute Gasteiger partial charge is 0.265 e. The van der Waals surface area contributed by atoms with E-state index in [1.165, 1.54) is 32.1 Å². The Morgan fingerprint density at radius 1 is 1.05 bits per heavy atom. The molecule has 0 aromatic carbocycles. The van der Waals surface area contributed by atoms with Crippen LogP contribution in [0.3, 0.4) is 0 Å². The third-order valence-corrected chi connectivity index (χ3v) is 4.51. The number of aryl methyl sites for hydroxylation is 1. The van der Waals surface area contributed by atoms with Gasteiger partial charge in [0.05, 0.1) is 5.69 Å². The third-order valence-electron chi connectivity index (χ3n) is 4.51. The van der Waals surface area contributed by atoms with Gasteiger partial charge in [0.1, 0.15) is 0 Å². The molecule has 0 radical (unpaired) electrons. The van der Waals surface area contributed by atoms with E-state index in [1.54, 1.807) is 18.6 Å². The number of nitrogens with zero attached hydrogens (tertiary/aromatic N) is 5. The predicted octanol–water partition coefficient (Wildman–Crippen LogP) is 3.31. The van der Waals surface area contributed by atoms with Crippen LogP contribution in [0.1, 0.15) is 37.9 Å². The summed E-state index contributed by atoms with van der Waals surface area (Å²) in [5.74, 6) is 2.44. The second kappa shape index (κ2) is 5.83. The topological polar surface area (TPSA) is 56.0 Å². The van der Waals surface area contributed by atoms with E-state index in [-0.39, 0.29) is 0 Å². The van der Waals surface area contributed by atoms with Crippen LogP contribution < -0.4 is 0 Å². The molecule has 0 unspecified atom stereocenters. The summed E-state index contributed by atoms with van der Waals surface area (Å²) in [5.41, 5.74) is 2.08. The lowest BCUT2D eigenvalue weighted by Gasteiger charge is -2.05. The summed E-state index contributed by atoms with van der Waals surface area (Å²) in [6.45, 7) is 0. The molecule has 1 saturated carbocycles. The van der Waals surface area contributed by atoms with Crippen molar-refractivity contribution in [2.45, 2.75) is 38.5 Å². The summed E-state index contributed by atoms with van der Waals surface area (Å²) < 4.78 is 1.85. The first kappa shape index (κ1) is 13.4. The quantitative estimate of drug-likeness (QED) is 0.740. The van der Waals surface area contributed by atoms with Crippen molar-refractivity contribution >= 4 is 5.78 Å². The predicted molar refractivity (Wildman–Crippen MR) is 84.3 cm³/mol. The standard InChI is InChI=1S/C17H19N5/c1-2-4-13(3-1)5-6-16-20-17-19-12-9-15(22(17)21-16)14-7-10-18-11-8-14/h7-13H,1-6H2. The van der Waals surface area contributed by atoms with Crippen molar-refractivity contribution < 1.29 is 0 Å². The van der Waals surface area contributed by atoms with Crippen molar-refractivity contribution in [2.75, 3.05) is 0 Å². The number of hydrogen-bond acceptors (Lipinski definition) is 4. The molecule has 0 aliphatic heterocycles. The van der Waals surface area contributed by atoms with Gasteiger partial charge in [-0.25, -0.2) is 4.98 Å². The molecule has 0 saturated heterocycles. The van der Waals surface area contributed by atoms with Gasteiger partial charge in [-0.1, -0.05) is 25.7 Å². The molecule has 0 amide bonds. The van der Waals surface area contributed by atoms with Gasteiger partial charge in [0, 0.05) is 30.6 Å². The van der Waals surface area contributed by atoms with E-state index < -0.39 is 0 Å². The third kappa shape index (κ3) is 2.58. The van der Waals surface area contributed by atoms with E-state index in [0.717, 1.165) is 29.4 Å². The molecule has 112 valence electrons. The van der Waals surface area contributed by atoms with Crippen molar-refractivity contribution in [1.29, 1.82) is 0 Å². The van der Waals surface area contributed by atoms with Gasteiger partial charge in [0.2, 0.25) is 0 Å². The highest BCUT2D eigenvalue weighted by Crippen LogP contribution is 2.28. The van der Waals surface area contributed by atoms with Crippen LogP contribution in [-0.2, 0) is 6.42 Å². The minimum absolute atomic E-state index is 0.677. The maximum atomic E-state index is 4.67. The first-order chi connectivity index (χ1) is 10.9. The SMILES string of the molecule is c1cc(-c2ccnc3nc(CCC4CCCC4)nn23)ccn1. The Morgan fingerprint density at radius 3 is 2.68 bits per heavy atom. The summed E-state index contributed by atoms with van der Waals surface area (Å²) in [7, 11) is 0. The zero-order chi connectivity index (χ0) is 14.8. The van der Waals surface area contributed by atoms with Crippen LogP contribution in [0.25, 0.3) is 17.0 Å². The van der Waals surface area contributed by atoms with E-state index in [1.807, 2.05) is 22.7 Å². The Kier molecular flexibility index (Phi) is 3.54. The van der Waals surface area contributed by atoms with Crippen LogP contribution in [0, 0.1) is 5.92 Å². The average molecular weight is 293 g/mol. The van der Waals surface area contributed by atoms with Gasteiger partial charge in [-0.3, -0.25) is 4.98 Å². The lowest BCUT2D eigenvalue weighted by molar-refractivity contribution is 0.497.